The third-order valence-electron chi connectivity index (χ3n) is 3.37. The first-order valence-corrected chi connectivity index (χ1v) is 6.25. The maximum absolute atomic E-state index is 12.4. The van der Waals surface area contributed by atoms with Crippen LogP contribution in [0.15, 0.2) is 24.5 Å². The van der Waals surface area contributed by atoms with Gasteiger partial charge >= 0.3 is 0 Å². The molecule has 0 radical (unpaired) electrons. The number of hydrogen-bond donors (Lipinski definition) is 1. The van der Waals surface area contributed by atoms with Crippen LogP contribution in [0.2, 0.25) is 0 Å². The summed E-state index contributed by atoms with van der Waals surface area (Å²) in [5.41, 5.74) is 1.13. The zero-order valence-electron chi connectivity index (χ0n) is 11.0. The first-order chi connectivity index (χ1) is 8.72. The molecule has 18 heavy (non-hydrogen) atoms. The van der Waals surface area contributed by atoms with Crippen molar-refractivity contribution in [3.63, 3.8) is 0 Å². The van der Waals surface area contributed by atoms with Gasteiger partial charge in [-0.3, -0.25) is 14.7 Å². The summed E-state index contributed by atoms with van der Waals surface area (Å²) in [5.74, 6) is 0.204. The van der Waals surface area contributed by atoms with Crippen molar-refractivity contribution in [1.29, 1.82) is 0 Å². The Morgan fingerprint density at radius 3 is 2.78 bits per heavy atom. The molecule has 1 aliphatic heterocycles. The zero-order chi connectivity index (χ0) is 13.0. The monoisotopic (exact) mass is 248 g/mol. The smallest absolute Gasteiger partial charge is 0.241 e. The van der Waals surface area contributed by atoms with Crippen LogP contribution in [-0.2, 0) is 11.3 Å². The second kappa shape index (κ2) is 5.93. The van der Waals surface area contributed by atoms with Gasteiger partial charge < -0.3 is 10.2 Å². The van der Waals surface area contributed by atoms with Crippen molar-refractivity contribution in [2.24, 2.45) is 0 Å². The van der Waals surface area contributed by atoms with E-state index >= 15 is 0 Å². The van der Waals surface area contributed by atoms with Crippen LogP contribution in [0.25, 0.3) is 0 Å². The minimum atomic E-state index is -0.0504. The van der Waals surface area contributed by atoms with E-state index in [9.17, 15) is 4.79 Å². The summed E-state index contributed by atoms with van der Waals surface area (Å²) in [6.45, 7) is 3.08. The summed E-state index contributed by atoms with van der Waals surface area (Å²) < 4.78 is 0. The molecule has 5 heteroatoms. The van der Waals surface area contributed by atoms with Gasteiger partial charge in [0.25, 0.3) is 0 Å². The molecular formula is C13H20N4O. The predicted molar refractivity (Wildman–Crippen MR) is 70.0 cm³/mol. The van der Waals surface area contributed by atoms with Crippen molar-refractivity contribution < 1.29 is 4.79 Å². The van der Waals surface area contributed by atoms with Crippen molar-refractivity contribution in [2.75, 3.05) is 33.7 Å². The molecule has 1 saturated heterocycles. The third kappa shape index (κ3) is 2.86. The van der Waals surface area contributed by atoms with Crippen LogP contribution in [0.3, 0.4) is 0 Å². The van der Waals surface area contributed by atoms with Crippen molar-refractivity contribution in [3.05, 3.63) is 30.1 Å². The quantitative estimate of drug-likeness (QED) is 0.811. The van der Waals surface area contributed by atoms with Crippen LogP contribution in [0.4, 0.5) is 0 Å². The molecule has 5 nitrogen and oxygen atoms in total. The molecule has 1 unspecified atom stereocenters. The highest BCUT2D eigenvalue weighted by Gasteiger charge is 2.31. The van der Waals surface area contributed by atoms with Crippen molar-refractivity contribution >= 4 is 5.91 Å². The summed E-state index contributed by atoms with van der Waals surface area (Å²) in [5, 5.41) is 3.08. The lowest BCUT2D eigenvalue weighted by molar-refractivity contribution is -0.141. The number of aromatic nitrogens is 1. The van der Waals surface area contributed by atoms with Gasteiger partial charge in [0.05, 0.1) is 0 Å². The number of hydrogen-bond acceptors (Lipinski definition) is 4. The van der Waals surface area contributed by atoms with Crippen molar-refractivity contribution in [2.45, 2.75) is 12.6 Å². The topological polar surface area (TPSA) is 48.5 Å². The van der Waals surface area contributed by atoms with Gasteiger partial charge in [0, 0.05) is 38.6 Å². The lowest BCUT2D eigenvalue weighted by atomic mass is 10.1. The Morgan fingerprint density at radius 1 is 1.39 bits per heavy atom. The molecule has 0 saturated carbocycles. The van der Waals surface area contributed by atoms with Gasteiger partial charge in [0.15, 0.2) is 0 Å². The van der Waals surface area contributed by atoms with E-state index in [4.69, 9.17) is 0 Å². The number of carbonyl (C=O) groups excluding carboxylic acids is 1. The Bertz CT molecular complexity index is 395. The molecule has 1 aromatic heterocycles. The number of carbonyl (C=O) groups is 1. The fourth-order valence-corrected chi connectivity index (χ4v) is 2.25. The minimum absolute atomic E-state index is 0.0504. The molecular weight excluding hydrogens is 228 g/mol. The summed E-state index contributed by atoms with van der Waals surface area (Å²) in [6.07, 6.45) is 3.53. The molecule has 0 aliphatic carbocycles. The predicted octanol–water partition coefficient (Wildman–Crippen LogP) is -0.0564. The second-order valence-electron chi connectivity index (χ2n) is 4.67. The standard InChI is InChI=1S/C13H20N4O/c1-14-9-12-13(18)17(8-7-16(12)2)10-11-3-5-15-6-4-11/h3-6,12,14H,7-10H2,1-2H3. The average molecular weight is 248 g/mol. The Morgan fingerprint density at radius 2 is 2.11 bits per heavy atom. The van der Waals surface area contributed by atoms with E-state index in [0.717, 1.165) is 18.7 Å². The third-order valence-corrected chi connectivity index (χ3v) is 3.37. The van der Waals surface area contributed by atoms with Gasteiger partial charge in [-0.15, -0.1) is 0 Å². The molecule has 1 aromatic rings. The summed E-state index contributed by atoms with van der Waals surface area (Å²) >= 11 is 0. The van der Waals surface area contributed by atoms with Crippen molar-refractivity contribution in [3.8, 4) is 0 Å². The SMILES string of the molecule is CNCC1C(=O)N(Cc2ccncc2)CCN1C. The maximum Gasteiger partial charge on any atom is 0.241 e. The van der Waals surface area contributed by atoms with Gasteiger partial charge in [-0.05, 0) is 31.8 Å². The summed E-state index contributed by atoms with van der Waals surface area (Å²) in [6, 6.07) is 3.86. The Hall–Kier alpha value is -1.46. The first-order valence-electron chi connectivity index (χ1n) is 6.25. The van der Waals surface area contributed by atoms with Crippen LogP contribution in [-0.4, -0.2) is 60.5 Å². The molecule has 98 valence electrons. The lowest BCUT2D eigenvalue weighted by Crippen LogP contribution is -2.58. The minimum Gasteiger partial charge on any atom is -0.336 e. The lowest BCUT2D eigenvalue weighted by Gasteiger charge is -2.38. The molecule has 0 spiro atoms. The number of nitrogens with one attached hydrogen (secondary N) is 1. The molecule has 0 aromatic carbocycles. The largest absolute Gasteiger partial charge is 0.336 e. The van der Waals surface area contributed by atoms with Crippen LogP contribution in [0.1, 0.15) is 5.56 Å². The first kappa shape index (κ1) is 13.0. The van der Waals surface area contributed by atoms with Gasteiger partial charge in [-0.25, -0.2) is 0 Å². The summed E-state index contributed by atoms with van der Waals surface area (Å²) in [7, 11) is 3.88. The molecule has 2 heterocycles. The molecule has 0 bridgehead atoms. The van der Waals surface area contributed by atoms with E-state index in [-0.39, 0.29) is 11.9 Å². The van der Waals surface area contributed by atoms with E-state index in [1.54, 1.807) is 12.4 Å². The second-order valence-corrected chi connectivity index (χ2v) is 4.67. The highest BCUT2D eigenvalue weighted by atomic mass is 16.2. The van der Waals surface area contributed by atoms with E-state index in [0.29, 0.717) is 13.1 Å². The Balaban J connectivity index is 2.03. The Labute approximate surface area is 108 Å². The highest BCUT2D eigenvalue weighted by Crippen LogP contribution is 2.12. The van der Waals surface area contributed by atoms with E-state index in [2.05, 4.69) is 15.2 Å². The number of pyridine rings is 1. The van der Waals surface area contributed by atoms with Gasteiger partial charge in [-0.2, -0.15) is 0 Å². The van der Waals surface area contributed by atoms with Crippen LogP contribution in [0, 0.1) is 0 Å². The maximum atomic E-state index is 12.4. The highest BCUT2D eigenvalue weighted by molar-refractivity contribution is 5.82. The number of piperazine rings is 1. The van der Waals surface area contributed by atoms with Crippen LogP contribution >= 0.6 is 0 Å². The molecule has 1 fully saturated rings. The fraction of sp³-hybridized carbons (Fsp3) is 0.538. The van der Waals surface area contributed by atoms with Gasteiger partial charge in [-0.1, -0.05) is 0 Å². The van der Waals surface area contributed by atoms with E-state index < -0.39 is 0 Å². The average Bonchev–Trinajstić information content (AvgIpc) is 2.39. The number of likely N-dealkylation sites (N-methyl/N-ethyl adjacent to an activating group) is 2. The number of amides is 1. The van der Waals surface area contributed by atoms with Gasteiger partial charge in [0.1, 0.15) is 6.04 Å². The van der Waals surface area contributed by atoms with Gasteiger partial charge in [0.2, 0.25) is 5.91 Å². The molecule has 1 amide bonds. The molecule has 1 aliphatic rings. The molecule has 1 N–H and O–H groups in total. The van der Waals surface area contributed by atoms with E-state index in [1.807, 2.05) is 31.1 Å². The van der Waals surface area contributed by atoms with Crippen LogP contribution in [0.5, 0.6) is 0 Å². The molecule has 2 rings (SSSR count). The Kier molecular flexibility index (Phi) is 4.28. The van der Waals surface area contributed by atoms with E-state index in [1.165, 1.54) is 0 Å². The molecule has 1 atom stereocenters. The zero-order valence-corrected chi connectivity index (χ0v) is 11.0. The normalized spacial score (nSPS) is 21.3. The van der Waals surface area contributed by atoms with Crippen molar-refractivity contribution in [1.82, 2.24) is 20.1 Å². The number of nitrogens with zero attached hydrogens (tertiary/aromatic N) is 3. The fourth-order valence-electron chi connectivity index (χ4n) is 2.25. The number of rotatable bonds is 4. The van der Waals surface area contributed by atoms with Crippen LogP contribution < -0.4 is 5.32 Å². The summed E-state index contributed by atoms with van der Waals surface area (Å²) in [4.78, 5) is 20.4.